The molecule has 4 aliphatic rings. The molecule has 25 heavy (non-hydrogen) atoms. The van der Waals surface area contributed by atoms with E-state index in [0.29, 0.717) is 30.6 Å². The first-order valence-electron chi connectivity index (χ1n) is 9.65. The maximum Gasteiger partial charge on any atom is 0.325 e. The molecule has 1 saturated carbocycles. The van der Waals surface area contributed by atoms with Gasteiger partial charge in [-0.2, -0.15) is 0 Å². The van der Waals surface area contributed by atoms with Gasteiger partial charge >= 0.3 is 6.03 Å². The SMILES string of the molecule is CCC1CCC2(CC1)NC(=O)N(CC(=O)N1C[C@H]3CNC[C@H]3C1)C2=O. The molecule has 3 aliphatic heterocycles. The summed E-state index contributed by atoms with van der Waals surface area (Å²) >= 11 is 0. The quantitative estimate of drug-likeness (QED) is 0.730. The van der Waals surface area contributed by atoms with E-state index >= 15 is 0 Å². The minimum Gasteiger partial charge on any atom is -0.340 e. The van der Waals surface area contributed by atoms with Crippen molar-refractivity contribution in [3.63, 3.8) is 0 Å². The van der Waals surface area contributed by atoms with E-state index in [4.69, 9.17) is 0 Å². The molecule has 2 atom stereocenters. The fraction of sp³-hybridized carbons (Fsp3) is 0.833. The van der Waals surface area contributed by atoms with Crippen molar-refractivity contribution in [1.82, 2.24) is 20.4 Å². The topological polar surface area (TPSA) is 81.8 Å². The summed E-state index contributed by atoms with van der Waals surface area (Å²) in [7, 11) is 0. The number of hydrogen-bond acceptors (Lipinski definition) is 4. The van der Waals surface area contributed by atoms with Crippen molar-refractivity contribution in [1.29, 1.82) is 0 Å². The van der Waals surface area contributed by atoms with Gasteiger partial charge in [-0.1, -0.05) is 13.3 Å². The van der Waals surface area contributed by atoms with Gasteiger partial charge in [-0.25, -0.2) is 4.79 Å². The van der Waals surface area contributed by atoms with Crippen LogP contribution in [0.1, 0.15) is 39.0 Å². The second kappa shape index (κ2) is 6.27. The van der Waals surface area contributed by atoms with Crippen LogP contribution in [0.25, 0.3) is 0 Å². The number of amides is 4. The summed E-state index contributed by atoms with van der Waals surface area (Å²) in [6, 6.07) is -0.394. The lowest BCUT2D eigenvalue weighted by molar-refractivity contribution is -0.139. The van der Waals surface area contributed by atoms with E-state index in [1.54, 1.807) is 0 Å². The molecular weight excluding hydrogens is 320 g/mol. The molecule has 4 rings (SSSR count). The molecule has 0 bridgehead atoms. The Morgan fingerprint density at radius 3 is 2.40 bits per heavy atom. The van der Waals surface area contributed by atoms with E-state index in [0.717, 1.165) is 50.3 Å². The zero-order chi connectivity index (χ0) is 17.6. The number of likely N-dealkylation sites (tertiary alicyclic amines) is 1. The second-order valence-electron chi connectivity index (χ2n) is 8.23. The minimum atomic E-state index is -0.755. The summed E-state index contributed by atoms with van der Waals surface area (Å²) in [5, 5.41) is 6.26. The van der Waals surface area contributed by atoms with Crippen LogP contribution >= 0.6 is 0 Å². The molecular formula is C18H28N4O3. The van der Waals surface area contributed by atoms with Gasteiger partial charge in [0.2, 0.25) is 5.91 Å². The molecule has 0 aromatic rings. The van der Waals surface area contributed by atoms with Gasteiger partial charge in [-0.05, 0) is 43.4 Å². The largest absolute Gasteiger partial charge is 0.340 e. The second-order valence-corrected chi connectivity index (χ2v) is 8.23. The number of hydrogen-bond donors (Lipinski definition) is 2. The summed E-state index contributed by atoms with van der Waals surface area (Å²) < 4.78 is 0. The van der Waals surface area contributed by atoms with Crippen molar-refractivity contribution < 1.29 is 14.4 Å². The van der Waals surface area contributed by atoms with Gasteiger partial charge < -0.3 is 15.5 Å². The molecule has 1 spiro atoms. The monoisotopic (exact) mass is 348 g/mol. The van der Waals surface area contributed by atoms with Crippen molar-refractivity contribution in [3.05, 3.63) is 0 Å². The van der Waals surface area contributed by atoms with Crippen molar-refractivity contribution >= 4 is 17.8 Å². The number of carbonyl (C=O) groups excluding carboxylic acids is 3. The highest BCUT2D eigenvalue weighted by atomic mass is 16.2. The Balaban J connectivity index is 1.39. The number of imide groups is 1. The van der Waals surface area contributed by atoms with Crippen molar-refractivity contribution in [2.45, 2.75) is 44.6 Å². The number of fused-ring (bicyclic) bond motifs is 1. The lowest BCUT2D eigenvalue weighted by Crippen LogP contribution is -2.50. The summed E-state index contributed by atoms with van der Waals surface area (Å²) in [6.45, 7) is 5.45. The summed E-state index contributed by atoms with van der Waals surface area (Å²) in [5.41, 5.74) is -0.755. The van der Waals surface area contributed by atoms with Crippen LogP contribution in [0, 0.1) is 17.8 Å². The van der Waals surface area contributed by atoms with E-state index in [1.807, 2.05) is 4.90 Å². The number of rotatable bonds is 3. The third kappa shape index (κ3) is 2.82. The lowest BCUT2D eigenvalue weighted by Gasteiger charge is -2.34. The first-order chi connectivity index (χ1) is 12.0. The highest BCUT2D eigenvalue weighted by Gasteiger charge is 2.53. The van der Waals surface area contributed by atoms with Crippen LogP contribution in [0.4, 0.5) is 4.79 Å². The van der Waals surface area contributed by atoms with Crippen LogP contribution in [0.3, 0.4) is 0 Å². The Hall–Kier alpha value is -1.63. The third-order valence-corrected chi connectivity index (χ3v) is 6.82. The first kappa shape index (κ1) is 16.8. The number of nitrogens with zero attached hydrogens (tertiary/aromatic N) is 2. The Morgan fingerprint density at radius 2 is 1.80 bits per heavy atom. The zero-order valence-corrected chi connectivity index (χ0v) is 14.9. The Morgan fingerprint density at radius 1 is 1.16 bits per heavy atom. The van der Waals surface area contributed by atoms with Crippen molar-refractivity contribution in [2.75, 3.05) is 32.7 Å². The number of urea groups is 1. The Bertz CT molecular complexity index is 573. The van der Waals surface area contributed by atoms with Gasteiger partial charge in [-0.15, -0.1) is 0 Å². The molecule has 0 aromatic carbocycles. The summed E-state index contributed by atoms with van der Waals surface area (Å²) in [6.07, 6.45) is 4.44. The molecule has 3 heterocycles. The van der Waals surface area contributed by atoms with Gasteiger partial charge in [0.25, 0.3) is 5.91 Å². The van der Waals surface area contributed by atoms with Crippen LogP contribution in [-0.2, 0) is 9.59 Å². The molecule has 0 radical (unpaired) electrons. The average Bonchev–Trinajstić information content (AvgIpc) is 3.25. The normalized spacial score (nSPS) is 37.7. The van der Waals surface area contributed by atoms with E-state index < -0.39 is 11.6 Å². The molecule has 0 unspecified atom stereocenters. The van der Waals surface area contributed by atoms with Gasteiger partial charge in [0.1, 0.15) is 12.1 Å². The van der Waals surface area contributed by atoms with Gasteiger partial charge in [-0.3, -0.25) is 14.5 Å². The van der Waals surface area contributed by atoms with Crippen LogP contribution in [0.15, 0.2) is 0 Å². The molecule has 7 heteroatoms. The average molecular weight is 348 g/mol. The summed E-state index contributed by atoms with van der Waals surface area (Å²) in [5.74, 6) is 1.38. The van der Waals surface area contributed by atoms with Gasteiger partial charge in [0, 0.05) is 26.2 Å². The van der Waals surface area contributed by atoms with Crippen molar-refractivity contribution in [3.8, 4) is 0 Å². The lowest BCUT2D eigenvalue weighted by atomic mass is 9.75. The molecule has 4 amide bonds. The number of nitrogens with one attached hydrogen (secondary N) is 2. The van der Waals surface area contributed by atoms with Gasteiger partial charge in [0.15, 0.2) is 0 Å². The maximum absolute atomic E-state index is 12.9. The molecule has 138 valence electrons. The van der Waals surface area contributed by atoms with Crippen LogP contribution < -0.4 is 10.6 Å². The summed E-state index contributed by atoms with van der Waals surface area (Å²) in [4.78, 5) is 40.9. The predicted molar refractivity (Wildman–Crippen MR) is 91.7 cm³/mol. The van der Waals surface area contributed by atoms with Crippen LogP contribution in [0.2, 0.25) is 0 Å². The van der Waals surface area contributed by atoms with Crippen LogP contribution in [0.5, 0.6) is 0 Å². The third-order valence-electron chi connectivity index (χ3n) is 6.82. The fourth-order valence-corrected chi connectivity index (χ4v) is 5.03. The van der Waals surface area contributed by atoms with E-state index in [2.05, 4.69) is 17.6 Å². The van der Waals surface area contributed by atoms with E-state index in [1.165, 1.54) is 0 Å². The molecule has 1 aliphatic carbocycles. The zero-order valence-electron chi connectivity index (χ0n) is 14.9. The standard InChI is InChI=1S/C18H28N4O3/c1-2-12-3-5-18(6-4-12)16(24)22(17(25)20-18)11-15(23)21-9-13-7-19-8-14(13)10-21/h12-14,19H,2-11H2,1H3,(H,20,25)/t12?,13-,14+,18?. The molecule has 7 nitrogen and oxygen atoms in total. The highest BCUT2D eigenvalue weighted by Crippen LogP contribution is 2.37. The smallest absolute Gasteiger partial charge is 0.325 e. The molecule has 0 aromatic heterocycles. The molecule has 4 fully saturated rings. The van der Waals surface area contributed by atoms with E-state index in [9.17, 15) is 14.4 Å². The van der Waals surface area contributed by atoms with E-state index in [-0.39, 0.29) is 18.4 Å². The predicted octanol–water partition coefficient (Wildman–Crippen LogP) is 0.555. The van der Waals surface area contributed by atoms with Gasteiger partial charge in [0.05, 0.1) is 0 Å². The highest BCUT2D eigenvalue weighted by molar-refractivity contribution is 6.09. The Labute approximate surface area is 148 Å². The van der Waals surface area contributed by atoms with Crippen molar-refractivity contribution in [2.24, 2.45) is 17.8 Å². The first-order valence-corrected chi connectivity index (χ1v) is 9.65. The Kier molecular flexibility index (Phi) is 4.22. The maximum atomic E-state index is 12.9. The molecule has 3 saturated heterocycles. The molecule has 2 N–H and O–H groups in total. The fourth-order valence-electron chi connectivity index (χ4n) is 5.03. The van der Waals surface area contributed by atoms with Crippen LogP contribution in [-0.4, -0.2) is 65.9 Å². The minimum absolute atomic E-state index is 0.0998. The number of carbonyl (C=O) groups is 3.